The van der Waals surface area contributed by atoms with Gasteiger partial charge in [-0.25, -0.2) is 14.2 Å². The summed E-state index contributed by atoms with van der Waals surface area (Å²) in [6, 6.07) is 14.3. The molecule has 0 aliphatic carbocycles. The fraction of sp³-hybridized carbons (Fsp3) is 0.192. The molecule has 0 saturated heterocycles. The molecule has 3 heterocycles. The van der Waals surface area contributed by atoms with Crippen LogP contribution in [0, 0.1) is 6.92 Å². The maximum atomic E-state index is 13.6. The minimum absolute atomic E-state index is 0.208. The van der Waals surface area contributed by atoms with Crippen molar-refractivity contribution in [2.45, 2.75) is 30.3 Å². The maximum absolute atomic E-state index is 13.6. The van der Waals surface area contributed by atoms with Crippen molar-refractivity contribution in [3.8, 4) is 16.9 Å². The molecule has 10 heteroatoms. The largest absolute Gasteiger partial charge is 0.493 e. The Labute approximate surface area is 208 Å². The van der Waals surface area contributed by atoms with Crippen molar-refractivity contribution >= 4 is 16.9 Å². The SMILES string of the molecule is Cc1ccc(-c2cc(C(F)(F)F)ccc2C2CCOc3cc(S(=O)Nc4ncccn4)ccc32)cn1. The fourth-order valence-corrected chi connectivity index (χ4v) is 5.01. The Morgan fingerprint density at radius 3 is 2.50 bits per heavy atom. The van der Waals surface area contributed by atoms with E-state index < -0.39 is 22.7 Å². The van der Waals surface area contributed by atoms with Gasteiger partial charge in [-0.3, -0.25) is 9.71 Å². The Hall–Kier alpha value is -3.79. The highest BCUT2D eigenvalue weighted by molar-refractivity contribution is 7.86. The first kappa shape index (κ1) is 23.9. The molecule has 0 amide bonds. The highest BCUT2D eigenvalue weighted by atomic mass is 32.2. The van der Waals surface area contributed by atoms with Crippen LogP contribution < -0.4 is 9.46 Å². The number of benzene rings is 2. The lowest BCUT2D eigenvalue weighted by atomic mass is 9.82. The monoisotopic (exact) mass is 510 g/mol. The summed E-state index contributed by atoms with van der Waals surface area (Å²) in [7, 11) is -1.63. The number of halogens is 3. The van der Waals surface area contributed by atoms with E-state index in [9.17, 15) is 17.4 Å². The minimum Gasteiger partial charge on any atom is -0.493 e. The van der Waals surface area contributed by atoms with Gasteiger partial charge in [-0.2, -0.15) is 13.2 Å². The molecule has 36 heavy (non-hydrogen) atoms. The molecule has 184 valence electrons. The topological polar surface area (TPSA) is 77.0 Å². The molecule has 0 saturated carbocycles. The molecule has 2 unspecified atom stereocenters. The second-order valence-electron chi connectivity index (χ2n) is 8.32. The van der Waals surface area contributed by atoms with E-state index in [1.54, 1.807) is 36.5 Å². The van der Waals surface area contributed by atoms with Gasteiger partial charge < -0.3 is 4.74 Å². The summed E-state index contributed by atoms with van der Waals surface area (Å²) in [5.74, 6) is 0.564. The first-order valence-corrected chi connectivity index (χ1v) is 12.3. The highest BCUT2D eigenvalue weighted by Gasteiger charge is 2.33. The lowest BCUT2D eigenvalue weighted by Crippen LogP contribution is -2.17. The Balaban J connectivity index is 1.53. The van der Waals surface area contributed by atoms with E-state index in [0.29, 0.717) is 34.8 Å². The number of aryl methyl sites for hydroxylation is 1. The zero-order chi connectivity index (χ0) is 25.3. The summed E-state index contributed by atoms with van der Waals surface area (Å²) in [6.07, 6.45) is 0.797. The normalized spacial score (nSPS) is 16.1. The number of aromatic nitrogens is 3. The van der Waals surface area contributed by atoms with E-state index in [1.165, 1.54) is 24.5 Å². The van der Waals surface area contributed by atoms with Gasteiger partial charge in [0.05, 0.1) is 17.1 Å². The summed E-state index contributed by atoms with van der Waals surface area (Å²) in [5.41, 5.74) is 2.72. The third kappa shape index (κ3) is 4.94. The molecule has 1 N–H and O–H groups in total. The van der Waals surface area contributed by atoms with Crippen LogP contribution in [0.25, 0.3) is 11.1 Å². The third-order valence-electron chi connectivity index (χ3n) is 5.97. The molecule has 0 fully saturated rings. The molecule has 1 aliphatic rings. The van der Waals surface area contributed by atoms with Crippen molar-refractivity contribution in [3.05, 3.63) is 95.6 Å². The van der Waals surface area contributed by atoms with Crippen molar-refractivity contribution in [3.63, 3.8) is 0 Å². The van der Waals surface area contributed by atoms with Gasteiger partial charge in [-0.1, -0.05) is 18.2 Å². The van der Waals surface area contributed by atoms with Crippen molar-refractivity contribution in [2.24, 2.45) is 0 Å². The quantitative estimate of drug-likeness (QED) is 0.361. The molecule has 2 aromatic carbocycles. The van der Waals surface area contributed by atoms with Crippen molar-refractivity contribution < 1.29 is 22.1 Å². The summed E-state index contributed by atoms with van der Waals surface area (Å²) in [4.78, 5) is 12.8. The van der Waals surface area contributed by atoms with Gasteiger partial charge in [-0.05, 0) is 60.9 Å². The smallest absolute Gasteiger partial charge is 0.416 e. The first-order chi connectivity index (χ1) is 17.3. The van der Waals surface area contributed by atoms with Crippen LogP contribution in [-0.2, 0) is 17.2 Å². The Kier molecular flexibility index (Phi) is 6.44. The second-order valence-corrected chi connectivity index (χ2v) is 9.53. The van der Waals surface area contributed by atoms with Crippen LogP contribution in [0.5, 0.6) is 5.75 Å². The van der Waals surface area contributed by atoms with E-state index >= 15 is 0 Å². The molecule has 1 aliphatic heterocycles. The summed E-state index contributed by atoms with van der Waals surface area (Å²) in [6.45, 7) is 2.20. The summed E-state index contributed by atoms with van der Waals surface area (Å²) >= 11 is 0. The number of pyridine rings is 1. The zero-order valence-electron chi connectivity index (χ0n) is 19.1. The molecule has 0 radical (unpaired) electrons. The van der Waals surface area contributed by atoms with Gasteiger partial charge in [0, 0.05) is 41.3 Å². The number of rotatable bonds is 5. The molecule has 2 atom stereocenters. The number of hydrogen-bond acceptors (Lipinski definition) is 5. The second kappa shape index (κ2) is 9.69. The van der Waals surface area contributed by atoms with E-state index in [4.69, 9.17) is 4.74 Å². The van der Waals surface area contributed by atoms with Crippen LogP contribution in [-0.4, -0.2) is 25.8 Å². The van der Waals surface area contributed by atoms with Gasteiger partial charge in [0.1, 0.15) is 5.75 Å². The van der Waals surface area contributed by atoms with E-state index in [2.05, 4.69) is 19.7 Å². The van der Waals surface area contributed by atoms with Crippen LogP contribution >= 0.6 is 0 Å². The van der Waals surface area contributed by atoms with Crippen LogP contribution in [0.3, 0.4) is 0 Å². The van der Waals surface area contributed by atoms with Gasteiger partial charge in [-0.15, -0.1) is 0 Å². The number of nitrogens with zero attached hydrogens (tertiary/aromatic N) is 3. The molecule has 6 nitrogen and oxygen atoms in total. The van der Waals surface area contributed by atoms with Crippen LogP contribution in [0.1, 0.15) is 34.7 Å². The summed E-state index contributed by atoms with van der Waals surface area (Å²) < 4.78 is 62.1. The minimum atomic E-state index is -4.46. The maximum Gasteiger partial charge on any atom is 0.416 e. The number of ether oxygens (including phenoxy) is 1. The molecular formula is C26H21F3N4O2S. The predicted molar refractivity (Wildman–Crippen MR) is 130 cm³/mol. The Morgan fingerprint density at radius 1 is 1.00 bits per heavy atom. The molecule has 2 aromatic heterocycles. The third-order valence-corrected chi connectivity index (χ3v) is 7.02. The molecule has 4 aromatic rings. The number of nitrogens with one attached hydrogen (secondary N) is 1. The van der Waals surface area contributed by atoms with Crippen LogP contribution in [0.4, 0.5) is 19.1 Å². The van der Waals surface area contributed by atoms with Gasteiger partial charge >= 0.3 is 6.18 Å². The Morgan fingerprint density at radius 2 is 1.78 bits per heavy atom. The van der Waals surface area contributed by atoms with E-state index in [0.717, 1.165) is 22.9 Å². The van der Waals surface area contributed by atoms with Crippen molar-refractivity contribution in [2.75, 3.05) is 11.3 Å². The average Bonchev–Trinajstić information content (AvgIpc) is 2.88. The fourth-order valence-electron chi connectivity index (χ4n) is 4.22. The van der Waals surface area contributed by atoms with E-state index in [-0.39, 0.29) is 11.9 Å². The standard InChI is InChI=1S/C26H21F3N4O2S/c1-16-3-4-17(15-32-16)23-13-18(26(27,28)29)5-7-20(23)21-9-12-35-24-14-19(6-8-22(21)24)36(34)33-25-30-10-2-11-31-25/h2-8,10-11,13-15,21H,9,12H2,1H3,(H,30,31,33). The lowest BCUT2D eigenvalue weighted by Gasteiger charge is -2.29. The molecular weight excluding hydrogens is 489 g/mol. The predicted octanol–water partition coefficient (Wildman–Crippen LogP) is 5.91. The van der Waals surface area contributed by atoms with Gasteiger partial charge in [0.2, 0.25) is 5.95 Å². The van der Waals surface area contributed by atoms with Crippen molar-refractivity contribution in [1.82, 2.24) is 15.0 Å². The highest BCUT2D eigenvalue weighted by Crippen LogP contribution is 2.44. The number of anilines is 1. The van der Waals surface area contributed by atoms with Crippen LogP contribution in [0.15, 0.2) is 78.1 Å². The number of alkyl halides is 3. The van der Waals surface area contributed by atoms with E-state index in [1.807, 2.05) is 13.0 Å². The first-order valence-electron chi connectivity index (χ1n) is 11.2. The summed E-state index contributed by atoms with van der Waals surface area (Å²) in [5, 5.41) is 0. The van der Waals surface area contributed by atoms with Gasteiger partial charge in [0.15, 0.2) is 11.0 Å². The Bertz CT molecular complexity index is 1410. The average molecular weight is 511 g/mol. The zero-order valence-corrected chi connectivity index (χ0v) is 19.9. The molecule has 0 bridgehead atoms. The van der Waals surface area contributed by atoms with Crippen LogP contribution in [0.2, 0.25) is 0 Å². The molecule has 0 spiro atoms. The molecule has 5 rings (SSSR count). The van der Waals surface area contributed by atoms with Gasteiger partial charge in [0.25, 0.3) is 0 Å². The van der Waals surface area contributed by atoms with Crippen molar-refractivity contribution in [1.29, 1.82) is 0 Å². The number of hydrogen-bond donors (Lipinski definition) is 1. The number of fused-ring (bicyclic) bond motifs is 1. The lowest BCUT2D eigenvalue weighted by molar-refractivity contribution is -0.137.